The quantitative estimate of drug-likeness (QED) is 0.682. The molecule has 0 bridgehead atoms. The van der Waals surface area contributed by atoms with Crippen LogP contribution in [0.1, 0.15) is 11.1 Å². The second kappa shape index (κ2) is 6.88. The summed E-state index contributed by atoms with van der Waals surface area (Å²) in [5.74, 6) is 0.332. The molecule has 27 heavy (non-hydrogen) atoms. The maximum atomic E-state index is 12.4. The van der Waals surface area contributed by atoms with Crippen molar-refractivity contribution in [1.29, 1.82) is 0 Å². The summed E-state index contributed by atoms with van der Waals surface area (Å²) in [6, 6.07) is 17.0. The Hall–Kier alpha value is -3.13. The predicted molar refractivity (Wildman–Crippen MR) is 103 cm³/mol. The third-order valence-corrected chi connectivity index (χ3v) is 5.41. The Morgan fingerprint density at radius 2 is 1.85 bits per heavy atom. The lowest BCUT2D eigenvalue weighted by molar-refractivity contribution is 0.601. The highest BCUT2D eigenvalue weighted by Gasteiger charge is 2.24. The molecule has 2 heterocycles. The molecule has 0 aliphatic carbocycles. The predicted octanol–water partition coefficient (Wildman–Crippen LogP) is 3.17. The van der Waals surface area contributed by atoms with Crippen molar-refractivity contribution >= 4 is 15.7 Å². The largest absolute Gasteiger partial charge is 0.260 e. The van der Waals surface area contributed by atoms with Gasteiger partial charge in [0.2, 0.25) is 0 Å². The van der Waals surface area contributed by atoms with Gasteiger partial charge in [-0.3, -0.25) is 4.68 Å². The van der Waals surface area contributed by atoms with Crippen molar-refractivity contribution in [2.24, 2.45) is 15.2 Å². The van der Waals surface area contributed by atoms with Crippen molar-refractivity contribution in [3.8, 4) is 11.3 Å². The molecule has 4 rings (SSSR count). The molecule has 0 atom stereocenters. The lowest BCUT2D eigenvalue weighted by atomic mass is 10.0. The van der Waals surface area contributed by atoms with Gasteiger partial charge < -0.3 is 0 Å². The highest BCUT2D eigenvalue weighted by Crippen LogP contribution is 2.31. The number of hydrogen-bond acceptors (Lipinski definition) is 6. The second-order valence-electron chi connectivity index (χ2n) is 6.18. The lowest BCUT2D eigenvalue weighted by Gasteiger charge is -2.14. The third kappa shape index (κ3) is 3.43. The molecular weight excluding hydrogens is 362 g/mol. The first kappa shape index (κ1) is 17.3. The molecule has 8 heteroatoms. The highest BCUT2D eigenvalue weighted by atomic mass is 32.2. The number of benzene rings is 2. The van der Waals surface area contributed by atoms with E-state index in [0.717, 1.165) is 11.3 Å². The van der Waals surface area contributed by atoms with Gasteiger partial charge in [-0.2, -0.15) is 10.2 Å². The topological polar surface area (TPSA) is 89.0 Å². The number of rotatable bonds is 5. The van der Waals surface area contributed by atoms with Crippen molar-refractivity contribution in [3.63, 3.8) is 0 Å². The first-order valence-corrected chi connectivity index (χ1v) is 10.2. The van der Waals surface area contributed by atoms with Gasteiger partial charge in [0.1, 0.15) is 0 Å². The first-order valence-electron chi connectivity index (χ1n) is 8.35. The van der Waals surface area contributed by atoms with E-state index in [1.54, 1.807) is 18.3 Å². The van der Waals surface area contributed by atoms with Crippen LogP contribution in [0.4, 0.5) is 0 Å². The van der Waals surface area contributed by atoms with Gasteiger partial charge in [-0.15, -0.1) is 5.11 Å². The summed E-state index contributed by atoms with van der Waals surface area (Å²) in [5.41, 5.74) is 3.08. The fraction of sp³-hybridized carbons (Fsp3) is 0.158. The smallest absolute Gasteiger partial charge is 0.180 e. The number of aromatic nitrogens is 2. The first-order chi connectivity index (χ1) is 13.0. The van der Waals surface area contributed by atoms with Crippen LogP contribution in [0.15, 0.2) is 80.9 Å². The average Bonchev–Trinajstić information content (AvgIpc) is 3.33. The van der Waals surface area contributed by atoms with Gasteiger partial charge in [-0.1, -0.05) is 42.5 Å². The molecule has 0 radical (unpaired) electrons. The van der Waals surface area contributed by atoms with E-state index in [1.165, 1.54) is 6.26 Å². The lowest BCUT2D eigenvalue weighted by Crippen LogP contribution is -2.11. The van der Waals surface area contributed by atoms with Crippen LogP contribution in [0, 0.1) is 0 Å². The summed E-state index contributed by atoms with van der Waals surface area (Å²) >= 11 is 0. The van der Waals surface area contributed by atoms with Gasteiger partial charge >= 0.3 is 0 Å². The normalized spacial score (nSPS) is 13.7. The zero-order valence-electron chi connectivity index (χ0n) is 14.6. The van der Waals surface area contributed by atoms with Crippen molar-refractivity contribution in [1.82, 2.24) is 9.78 Å². The number of nitrogens with zero attached hydrogens (tertiary/aromatic N) is 5. The minimum atomic E-state index is -3.47. The maximum Gasteiger partial charge on any atom is 0.180 e. The van der Waals surface area contributed by atoms with Gasteiger partial charge in [0.15, 0.2) is 22.3 Å². The van der Waals surface area contributed by atoms with Gasteiger partial charge in [0.25, 0.3) is 0 Å². The number of amidine groups is 1. The molecule has 2 aromatic carbocycles. The zero-order chi connectivity index (χ0) is 18.9. The van der Waals surface area contributed by atoms with Gasteiger partial charge in [-0.25, -0.2) is 13.4 Å². The van der Waals surface area contributed by atoms with Crippen LogP contribution in [0.3, 0.4) is 0 Å². The molecule has 0 amide bonds. The van der Waals surface area contributed by atoms with E-state index in [2.05, 4.69) is 20.3 Å². The van der Waals surface area contributed by atoms with E-state index < -0.39 is 9.84 Å². The van der Waals surface area contributed by atoms with Gasteiger partial charge in [0, 0.05) is 23.6 Å². The monoisotopic (exact) mass is 379 g/mol. The molecule has 0 fully saturated rings. The molecular formula is C19H17N5O2S. The zero-order valence-corrected chi connectivity index (χ0v) is 15.5. The Morgan fingerprint density at radius 3 is 2.56 bits per heavy atom. The van der Waals surface area contributed by atoms with Crippen LogP contribution in [0.25, 0.3) is 11.3 Å². The molecule has 136 valence electrons. The van der Waals surface area contributed by atoms with Gasteiger partial charge in [0.05, 0.1) is 17.1 Å². The van der Waals surface area contributed by atoms with Gasteiger partial charge in [-0.05, 0) is 17.7 Å². The van der Waals surface area contributed by atoms with Crippen LogP contribution in [0.5, 0.6) is 0 Å². The number of azo groups is 1. The van der Waals surface area contributed by atoms with Crippen molar-refractivity contribution in [2.75, 3.05) is 12.9 Å². The second-order valence-corrected chi connectivity index (χ2v) is 8.16. The summed E-state index contributed by atoms with van der Waals surface area (Å²) in [6.07, 6.45) is 2.89. The van der Waals surface area contributed by atoms with E-state index in [0.29, 0.717) is 23.5 Å². The summed E-state index contributed by atoms with van der Waals surface area (Å²) in [6.45, 7) is 0.774. The fourth-order valence-corrected chi connectivity index (χ4v) is 3.98. The molecule has 7 nitrogen and oxygen atoms in total. The summed E-state index contributed by atoms with van der Waals surface area (Å²) in [5, 5.41) is 12.3. The molecule has 0 saturated heterocycles. The Kier molecular flexibility index (Phi) is 4.41. The summed E-state index contributed by atoms with van der Waals surface area (Å²) < 4.78 is 26.6. The minimum absolute atomic E-state index is 0.187. The van der Waals surface area contributed by atoms with Crippen LogP contribution >= 0.6 is 0 Å². The average molecular weight is 379 g/mol. The molecule has 0 spiro atoms. The summed E-state index contributed by atoms with van der Waals surface area (Å²) in [7, 11) is -3.47. The van der Waals surface area contributed by atoms with Crippen LogP contribution in [-0.2, 0) is 16.4 Å². The van der Waals surface area contributed by atoms with Crippen LogP contribution < -0.4 is 0 Å². The number of aliphatic imine (C=N–C) groups is 1. The van der Waals surface area contributed by atoms with Crippen molar-refractivity contribution in [2.45, 2.75) is 11.4 Å². The van der Waals surface area contributed by atoms with Crippen molar-refractivity contribution < 1.29 is 8.42 Å². The number of sulfone groups is 1. The SMILES string of the molecule is CS(=O)(=O)c1cccc(-c2ccnn2Cc2ccccc2)c1C1=NCN=N1. The van der Waals surface area contributed by atoms with E-state index >= 15 is 0 Å². The Bertz CT molecular complexity index is 1150. The molecule has 1 aromatic heterocycles. The standard InChI is InChI=1S/C19H17N5O2S/c1-27(25,26)17-9-5-8-15(18(17)19-20-13-21-23-19)16-10-11-22-24(16)12-14-6-3-2-4-7-14/h2-11H,12-13H2,1H3. The van der Waals surface area contributed by atoms with Crippen LogP contribution in [-0.4, -0.2) is 37.0 Å². The molecule has 0 N–H and O–H groups in total. The number of hydrogen-bond donors (Lipinski definition) is 0. The van der Waals surface area contributed by atoms with E-state index in [-0.39, 0.29) is 11.6 Å². The molecule has 1 aliphatic rings. The maximum absolute atomic E-state index is 12.4. The minimum Gasteiger partial charge on any atom is -0.260 e. The Morgan fingerprint density at radius 1 is 1.04 bits per heavy atom. The Balaban J connectivity index is 1.89. The van der Waals surface area contributed by atoms with Crippen LogP contribution in [0.2, 0.25) is 0 Å². The molecule has 1 aliphatic heterocycles. The Labute approximate surface area is 157 Å². The van der Waals surface area contributed by atoms with E-state index in [9.17, 15) is 8.42 Å². The van der Waals surface area contributed by atoms with Crippen molar-refractivity contribution in [3.05, 3.63) is 71.9 Å². The molecule has 0 unspecified atom stereocenters. The highest BCUT2D eigenvalue weighted by molar-refractivity contribution is 7.90. The fourth-order valence-electron chi connectivity index (χ4n) is 3.09. The summed E-state index contributed by atoms with van der Waals surface area (Å²) in [4.78, 5) is 4.44. The third-order valence-electron chi connectivity index (χ3n) is 4.27. The molecule has 3 aromatic rings. The molecule has 0 saturated carbocycles. The van der Waals surface area contributed by atoms with E-state index in [1.807, 2.05) is 47.1 Å². The van der Waals surface area contributed by atoms with E-state index in [4.69, 9.17) is 0 Å².